The highest BCUT2D eigenvalue weighted by Crippen LogP contribution is 2.27. The number of rotatable bonds is 3. The molecule has 2 fully saturated rings. The Hall–Kier alpha value is -0.970. The van der Waals surface area contributed by atoms with E-state index in [1.165, 1.54) is 11.3 Å². The van der Waals surface area contributed by atoms with Crippen LogP contribution in [0.15, 0.2) is 24.3 Å². The lowest BCUT2D eigenvalue weighted by atomic mass is 10.0. The average molecular weight is 374 g/mol. The second-order valence-electron chi connectivity index (χ2n) is 6.88. The molecule has 2 unspecified atom stereocenters. The summed E-state index contributed by atoms with van der Waals surface area (Å²) in [6, 6.07) is 9.19. The summed E-state index contributed by atoms with van der Waals surface area (Å²) in [6.07, 6.45) is 4.90. The van der Waals surface area contributed by atoms with Gasteiger partial charge in [0.15, 0.2) is 0 Å². The van der Waals surface area contributed by atoms with Crippen molar-refractivity contribution in [2.45, 2.75) is 51.1 Å². The fourth-order valence-electron chi connectivity index (χ4n) is 3.71. The molecule has 136 valence electrons. The van der Waals surface area contributed by atoms with Crippen LogP contribution in [0.5, 0.6) is 0 Å². The molecule has 1 aromatic rings. The largest absolute Gasteiger partial charge is 0.382 e. The second-order valence-corrected chi connectivity index (χ2v) is 6.88. The summed E-state index contributed by atoms with van der Waals surface area (Å²) in [7, 11) is 0. The maximum atomic E-state index is 12.5. The van der Waals surface area contributed by atoms with Gasteiger partial charge in [-0.1, -0.05) is 12.1 Å². The molecule has 1 aliphatic carbocycles. The lowest BCUT2D eigenvalue weighted by Crippen LogP contribution is -2.44. The van der Waals surface area contributed by atoms with Crippen molar-refractivity contribution in [3.05, 3.63) is 29.8 Å². The van der Waals surface area contributed by atoms with E-state index in [4.69, 9.17) is 5.73 Å². The monoisotopic (exact) mass is 373 g/mol. The Morgan fingerprint density at radius 1 is 1.17 bits per heavy atom. The molecule has 1 amide bonds. The van der Waals surface area contributed by atoms with E-state index in [0.29, 0.717) is 11.9 Å². The molecular formula is C18H29Cl2N3O. The number of amides is 1. The second kappa shape index (κ2) is 9.50. The molecular weight excluding hydrogens is 345 g/mol. The number of halogens is 2. The number of aryl methyl sites for hydroxylation is 1. The Morgan fingerprint density at radius 2 is 1.88 bits per heavy atom. The smallest absolute Gasteiger partial charge is 0.225 e. The minimum absolute atomic E-state index is 0. The maximum absolute atomic E-state index is 12.5. The molecule has 4 nitrogen and oxygen atoms in total. The number of nitrogens with zero attached hydrogens (tertiary/aromatic N) is 1. The highest BCUT2D eigenvalue weighted by Gasteiger charge is 2.32. The standard InChI is InChI=1S/C18H27N3O.2ClH/c1-13-3-2-4-17(11-13)20-16-7-9-21(10-8-16)18(22)14-5-6-15(19)12-14;;/h2-4,11,14-16,20H,5-10,12,19H2,1H3;2*1H. The van der Waals surface area contributed by atoms with Gasteiger partial charge in [-0.05, 0) is 56.7 Å². The van der Waals surface area contributed by atoms with Crippen LogP contribution in [0, 0.1) is 12.8 Å². The van der Waals surface area contributed by atoms with Gasteiger partial charge in [0.2, 0.25) is 5.91 Å². The highest BCUT2D eigenvalue weighted by atomic mass is 35.5. The predicted molar refractivity (Wildman–Crippen MR) is 104 cm³/mol. The van der Waals surface area contributed by atoms with Gasteiger partial charge in [-0.2, -0.15) is 0 Å². The van der Waals surface area contributed by atoms with Crippen molar-refractivity contribution >= 4 is 36.4 Å². The van der Waals surface area contributed by atoms with E-state index in [1.54, 1.807) is 0 Å². The first-order chi connectivity index (χ1) is 10.6. The van der Waals surface area contributed by atoms with Gasteiger partial charge in [0.05, 0.1) is 0 Å². The lowest BCUT2D eigenvalue weighted by Gasteiger charge is -2.34. The molecule has 3 rings (SSSR count). The summed E-state index contributed by atoms with van der Waals surface area (Å²) in [6.45, 7) is 3.85. The van der Waals surface area contributed by atoms with E-state index in [9.17, 15) is 4.79 Å². The number of anilines is 1. The number of hydrogen-bond acceptors (Lipinski definition) is 3. The van der Waals surface area contributed by atoms with Crippen molar-refractivity contribution < 1.29 is 4.79 Å². The SMILES string of the molecule is Cc1cccc(NC2CCN(C(=O)C3CCC(N)C3)CC2)c1.Cl.Cl. The van der Waals surface area contributed by atoms with Gasteiger partial charge in [-0.15, -0.1) is 24.8 Å². The van der Waals surface area contributed by atoms with Crippen LogP contribution >= 0.6 is 24.8 Å². The number of benzene rings is 1. The third-order valence-electron chi connectivity index (χ3n) is 5.02. The summed E-state index contributed by atoms with van der Waals surface area (Å²) < 4.78 is 0. The third kappa shape index (κ3) is 5.27. The van der Waals surface area contributed by atoms with Crippen molar-refractivity contribution in [2.75, 3.05) is 18.4 Å². The predicted octanol–water partition coefficient (Wildman–Crippen LogP) is 3.37. The van der Waals surface area contributed by atoms with E-state index < -0.39 is 0 Å². The Morgan fingerprint density at radius 3 is 2.46 bits per heavy atom. The Bertz CT molecular complexity index is 533. The van der Waals surface area contributed by atoms with Crippen LogP contribution in [-0.4, -0.2) is 36.0 Å². The number of nitrogens with one attached hydrogen (secondary N) is 1. The van der Waals surface area contributed by atoms with Crippen molar-refractivity contribution in [1.29, 1.82) is 0 Å². The lowest BCUT2D eigenvalue weighted by molar-refractivity contribution is -0.136. The quantitative estimate of drug-likeness (QED) is 0.853. The first-order valence-electron chi connectivity index (χ1n) is 8.49. The van der Waals surface area contributed by atoms with Gasteiger partial charge in [-0.25, -0.2) is 0 Å². The van der Waals surface area contributed by atoms with E-state index in [1.807, 2.05) is 0 Å². The third-order valence-corrected chi connectivity index (χ3v) is 5.02. The minimum Gasteiger partial charge on any atom is -0.382 e. The van der Waals surface area contributed by atoms with Crippen LogP contribution < -0.4 is 11.1 Å². The molecule has 0 spiro atoms. The van der Waals surface area contributed by atoms with Crippen molar-refractivity contribution in [2.24, 2.45) is 11.7 Å². The summed E-state index contributed by atoms with van der Waals surface area (Å²) in [5, 5.41) is 3.60. The van der Waals surface area contributed by atoms with Gasteiger partial charge in [0.25, 0.3) is 0 Å². The van der Waals surface area contributed by atoms with Crippen molar-refractivity contribution in [3.63, 3.8) is 0 Å². The first-order valence-corrected chi connectivity index (χ1v) is 8.49. The molecule has 3 N–H and O–H groups in total. The van der Waals surface area contributed by atoms with Crippen LogP contribution in [0.2, 0.25) is 0 Å². The van der Waals surface area contributed by atoms with Gasteiger partial charge < -0.3 is 16.0 Å². The molecule has 1 heterocycles. The molecule has 0 bridgehead atoms. The summed E-state index contributed by atoms with van der Waals surface area (Å²) in [5.41, 5.74) is 8.39. The van der Waals surface area contributed by atoms with Gasteiger partial charge in [0.1, 0.15) is 0 Å². The number of piperidine rings is 1. The number of nitrogens with two attached hydrogens (primary N) is 1. The number of carbonyl (C=O) groups is 1. The van der Waals surface area contributed by atoms with Crippen LogP contribution in [0.3, 0.4) is 0 Å². The number of hydrogen-bond donors (Lipinski definition) is 2. The van der Waals surface area contributed by atoms with E-state index in [-0.39, 0.29) is 36.8 Å². The Labute approximate surface area is 157 Å². The van der Waals surface area contributed by atoms with Gasteiger partial charge in [0, 0.05) is 36.8 Å². The number of likely N-dealkylation sites (tertiary alicyclic amines) is 1. The zero-order valence-electron chi connectivity index (χ0n) is 14.2. The topological polar surface area (TPSA) is 58.4 Å². The van der Waals surface area contributed by atoms with Crippen LogP contribution in [-0.2, 0) is 4.79 Å². The molecule has 1 saturated carbocycles. The van der Waals surface area contributed by atoms with Crippen LogP contribution in [0.1, 0.15) is 37.7 Å². The average Bonchev–Trinajstić information content (AvgIpc) is 2.94. The van der Waals surface area contributed by atoms with Crippen LogP contribution in [0.4, 0.5) is 5.69 Å². The zero-order valence-corrected chi connectivity index (χ0v) is 15.9. The van der Waals surface area contributed by atoms with E-state index in [0.717, 1.165) is 45.2 Å². The molecule has 0 radical (unpaired) electrons. The van der Waals surface area contributed by atoms with Gasteiger partial charge in [-0.3, -0.25) is 4.79 Å². The fraction of sp³-hybridized carbons (Fsp3) is 0.611. The van der Waals surface area contributed by atoms with Crippen molar-refractivity contribution in [1.82, 2.24) is 4.90 Å². The molecule has 6 heteroatoms. The fourth-order valence-corrected chi connectivity index (χ4v) is 3.71. The Balaban J connectivity index is 0.00000144. The van der Waals surface area contributed by atoms with Gasteiger partial charge >= 0.3 is 0 Å². The summed E-state index contributed by atoms with van der Waals surface area (Å²) in [5.74, 6) is 0.512. The summed E-state index contributed by atoms with van der Waals surface area (Å²) in [4.78, 5) is 14.6. The maximum Gasteiger partial charge on any atom is 0.225 e. The molecule has 24 heavy (non-hydrogen) atoms. The molecule has 1 aliphatic heterocycles. The molecule has 2 atom stereocenters. The molecule has 2 aliphatic rings. The molecule has 0 aromatic heterocycles. The highest BCUT2D eigenvalue weighted by molar-refractivity contribution is 5.85. The number of carbonyl (C=O) groups excluding carboxylic acids is 1. The molecule has 1 saturated heterocycles. The first kappa shape index (κ1) is 21.1. The van der Waals surface area contributed by atoms with Crippen molar-refractivity contribution in [3.8, 4) is 0 Å². The zero-order chi connectivity index (χ0) is 15.5. The van der Waals surface area contributed by atoms with E-state index >= 15 is 0 Å². The van der Waals surface area contributed by atoms with E-state index in [2.05, 4.69) is 41.4 Å². The molecule has 1 aromatic carbocycles. The minimum atomic E-state index is 0. The summed E-state index contributed by atoms with van der Waals surface area (Å²) >= 11 is 0. The normalized spacial score (nSPS) is 24.0. The Kier molecular flexibility index (Phi) is 8.34. The van der Waals surface area contributed by atoms with Crippen LogP contribution in [0.25, 0.3) is 0 Å².